The summed E-state index contributed by atoms with van der Waals surface area (Å²) in [5.41, 5.74) is -0.981. The third-order valence-electron chi connectivity index (χ3n) is 3.27. The first kappa shape index (κ1) is 16.5. The minimum Gasteiger partial charge on any atom is -0.389 e. The molecule has 0 bridgehead atoms. The topological polar surface area (TPSA) is 62.6 Å². The first-order valence-corrected chi connectivity index (χ1v) is 7.39. The van der Waals surface area contributed by atoms with Crippen LogP contribution in [0.5, 0.6) is 0 Å². The number of nitrogens with zero attached hydrogens (tertiary/aromatic N) is 1. The summed E-state index contributed by atoms with van der Waals surface area (Å²) < 4.78 is 43.2. The summed E-state index contributed by atoms with van der Waals surface area (Å²) in [6.07, 6.45) is -6.52. The van der Waals surface area contributed by atoms with Crippen molar-refractivity contribution >= 4 is 11.8 Å². The maximum atomic E-state index is 12.6. The zero-order chi connectivity index (χ0) is 15.6. The van der Waals surface area contributed by atoms with Crippen molar-refractivity contribution in [3.05, 3.63) is 23.9 Å². The third-order valence-corrected chi connectivity index (χ3v) is 4.46. The predicted molar refractivity (Wildman–Crippen MR) is 70.9 cm³/mol. The lowest BCUT2D eigenvalue weighted by Gasteiger charge is -2.36. The summed E-state index contributed by atoms with van der Waals surface area (Å²) >= 11 is 0.973. The molecule has 21 heavy (non-hydrogen) atoms. The highest BCUT2D eigenvalue weighted by atomic mass is 32.2. The molecule has 0 amide bonds. The third kappa shape index (κ3) is 3.88. The Morgan fingerprint density at radius 3 is 2.67 bits per heavy atom. The Morgan fingerprint density at radius 2 is 2.05 bits per heavy atom. The number of rotatable bonds is 3. The van der Waals surface area contributed by atoms with Crippen molar-refractivity contribution in [1.82, 2.24) is 4.98 Å². The Kier molecular flexibility index (Phi) is 5.13. The molecule has 4 nitrogen and oxygen atoms in total. The van der Waals surface area contributed by atoms with Crippen LogP contribution in [0, 0.1) is 0 Å². The average Bonchev–Trinajstić information content (AvgIpc) is 2.44. The number of halogens is 3. The Hall–Kier alpha value is -0.830. The van der Waals surface area contributed by atoms with Crippen molar-refractivity contribution in [3.8, 4) is 0 Å². The standard InChI is InChI=1S/C13H16F3NO3S/c1-2-7-11(18)12(19)8(6-20-7)21-10-5-3-4-9(17-10)13(14,15)16/h3-5,7-8,11-12,18-19H,2,6H2,1H3/t7-,8+,11+,12-/m1/s1. The fraction of sp³-hybridized carbons (Fsp3) is 0.615. The molecule has 0 radical (unpaired) electrons. The molecule has 0 aliphatic carbocycles. The number of aliphatic hydroxyl groups is 2. The Bertz CT molecular complexity index is 486. The van der Waals surface area contributed by atoms with E-state index in [4.69, 9.17) is 4.74 Å². The molecule has 0 aromatic carbocycles. The molecule has 2 rings (SSSR count). The molecule has 2 N–H and O–H groups in total. The summed E-state index contributed by atoms with van der Waals surface area (Å²) in [6, 6.07) is 3.59. The van der Waals surface area contributed by atoms with E-state index in [9.17, 15) is 23.4 Å². The van der Waals surface area contributed by atoms with Gasteiger partial charge in [0.2, 0.25) is 0 Å². The number of thioether (sulfide) groups is 1. The molecular weight excluding hydrogens is 307 g/mol. The van der Waals surface area contributed by atoms with Gasteiger partial charge in [-0.25, -0.2) is 4.98 Å². The van der Waals surface area contributed by atoms with Crippen molar-refractivity contribution in [2.75, 3.05) is 6.61 Å². The van der Waals surface area contributed by atoms with Crippen molar-refractivity contribution in [3.63, 3.8) is 0 Å². The van der Waals surface area contributed by atoms with E-state index in [1.807, 2.05) is 6.92 Å². The average molecular weight is 323 g/mol. The molecule has 1 aliphatic heterocycles. The number of ether oxygens (including phenoxy) is 1. The number of aromatic nitrogens is 1. The van der Waals surface area contributed by atoms with E-state index in [2.05, 4.69) is 4.98 Å². The highest BCUT2D eigenvalue weighted by Crippen LogP contribution is 2.33. The van der Waals surface area contributed by atoms with E-state index in [0.717, 1.165) is 17.8 Å². The van der Waals surface area contributed by atoms with Gasteiger partial charge in [-0.2, -0.15) is 13.2 Å². The normalized spacial score (nSPS) is 30.4. The van der Waals surface area contributed by atoms with Gasteiger partial charge in [-0.05, 0) is 18.6 Å². The van der Waals surface area contributed by atoms with E-state index in [-0.39, 0.29) is 11.6 Å². The molecule has 1 aromatic heterocycles. The van der Waals surface area contributed by atoms with Crippen LogP contribution in [0.4, 0.5) is 13.2 Å². The second-order valence-electron chi connectivity index (χ2n) is 4.78. The van der Waals surface area contributed by atoms with Crippen LogP contribution in [0.1, 0.15) is 19.0 Å². The van der Waals surface area contributed by atoms with Gasteiger partial charge < -0.3 is 14.9 Å². The summed E-state index contributed by atoms with van der Waals surface area (Å²) in [4.78, 5) is 3.53. The van der Waals surface area contributed by atoms with Crippen LogP contribution in [0.15, 0.2) is 23.2 Å². The minimum atomic E-state index is -4.51. The van der Waals surface area contributed by atoms with Crippen LogP contribution in [-0.2, 0) is 10.9 Å². The predicted octanol–water partition coefficient (Wildman–Crippen LogP) is 2.09. The van der Waals surface area contributed by atoms with Gasteiger partial charge in [0.25, 0.3) is 0 Å². The molecule has 4 atom stereocenters. The second kappa shape index (κ2) is 6.51. The van der Waals surface area contributed by atoms with Crippen LogP contribution in [-0.4, -0.2) is 45.4 Å². The maximum absolute atomic E-state index is 12.6. The lowest BCUT2D eigenvalue weighted by molar-refractivity contribution is -0.141. The first-order chi connectivity index (χ1) is 9.82. The van der Waals surface area contributed by atoms with Gasteiger partial charge in [0.15, 0.2) is 0 Å². The van der Waals surface area contributed by atoms with Crippen molar-refractivity contribution < 1.29 is 28.1 Å². The quantitative estimate of drug-likeness (QED) is 0.892. The molecule has 2 heterocycles. The Morgan fingerprint density at radius 1 is 1.33 bits per heavy atom. The first-order valence-electron chi connectivity index (χ1n) is 6.51. The summed E-state index contributed by atoms with van der Waals surface area (Å²) in [7, 11) is 0. The molecule has 1 aliphatic rings. The zero-order valence-corrected chi connectivity index (χ0v) is 12.1. The highest BCUT2D eigenvalue weighted by molar-refractivity contribution is 8.00. The van der Waals surface area contributed by atoms with Crippen LogP contribution >= 0.6 is 11.8 Å². The van der Waals surface area contributed by atoms with Crippen molar-refractivity contribution in [1.29, 1.82) is 0 Å². The van der Waals surface area contributed by atoms with Crippen molar-refractivity contribution in [2.45, 2.75) is 48.1 Å². The van der Waals surface area contributed by atoms with Crippen LogP contribution in [0.3, 0.4) is 0 Å². The van der Waals surface area contributed by atoms with Gasteiger partial charge >= 0.3 is 6.18 Å². The molecule has 1 saturated heterocycles. The fourth-order valence-corrected chi connectivity index (χ4v) is 3.18. The molecule has 0 spiro atoms. The van der Waals surface area contributed by atoms with E-state index in [1.165, 1.54) is 12.1 Å². The molecule has 1 aromatic rings. The Balaban J connectivity index is 2.08. The SMILES string of the molecule is CC[C@H]1OC[C@H](Sc2cccc(C(F)(F)F)n2)[C@@H](O)[C@H]1O. The van der Waals surface area contributed by atoms with Crippen LogP contribution < -0.4 is 0 Å². The maximum Gasteiger partial charge on any atom is 0.433 e. The van der Waals surface area contributed by atoms with Crippen molar-refractivity contribution in [2.24, 2.45) is 0 Å². The molecule has 8 heteroatoms. The van der Waals surface area contributed by atoms with Gasteiger partial charge in [0.1, 0.15) is 11.8 Å². The van der Waals surface area contributed by atoms with E-state index < -0.39 is 35.4 Å². The van der Waals surface area contributed by atoms with Gasteiger partial charge in [-0.3, -0.25) is 0 Å². The number of hydrogen-bond acceptors (Lipinski definition) is 5. The van der Waals surface area contributed by atoms with E-state index in [1.54, 1.807) is 0 Å². The second-order valence-corrected chi connectivity index (χ2v) is 6.04. The zero-order valence-electron chi connectivity index (χ0n) is 11.2. The molecule has 1 fully saturated rings. The Labute approximate surface area is 124 Å². The van der Waals surface area contributed by atoms with Crippen LogP contribution in [0.2, 0.25) is 0 Å². The summed E-state index contributed by atoms with van der Waals surface area (Å²) in [5.74, 6) is 0. The lowest BCUT2D eigenvalue weighted by atomic mass is 10.0. The van der Waals surface area contributed by atoms with Gasteiger partial charge in [0, 0.05) is 0 Å². The smallest absolute Gasteiger partial charge is 0.389 e. The largest absolute Gasteiger partial charge is 0.433 e. The molecule has 118 valence electrons. The summed E-state index contributed by atoms with van der Waals surface area (Å²) in [5, 5.41) is 19.5. The fourth-order valence-electron chi connectivity index (χ4n) is 2.11. The van der Waals surface area contributed by atoms with E-state index in [0.29, 0.717) is 6.42 Å². The number of hydrogen-bond donors (Lipinski definition) is 2. The van der Waals surface area contributed by atoms with E-state index >= 15 is 0 Å². The lowest BCUT2D eigenvalue weighted by Crippen LogP contribution is -2.51. The van der Waals surface area contributed by atoms with Crippen LogP contribution in [0.25, 0.3) is 0 Å². The highest BCUT2D eigenvalue weighted by Gasteiger charge is 2.38. The van der Waals surface area contributed by atoms with Gasteiger partial charge in [-0.1, -0.05) is 24.8 Å². The molecular formula is C13H16F3NO3S. The molecule has 0 unspecified atom stereocenters. The number of pyridine rings is 1. The van der Waals surface area contributed by atoms with Gasteiger partial charge in [0.05, 0.1) is 29.1 Å². The van der Waals surface area contributed by atoms with Gasteiger partial charge in [-0.15, -0.1) is 0 Å². The molecule has 0 saturated carbocycles. The minimum absolute atomic E-state index is 0.139. The summed E-state index contributed by atoms with van der Waals surface area (Å²) in [6.45, 7) is 1.97. The number of aliphatic hydroxyl groups excluding tert-OH is 2. The number of alkyl halides is 3. The monoisotopic (exact) mass is 323 g/mol.